The molecule has 0 spiro atoms. The first-order chi connectivity index (χ1) is 37.0. The van der Waals surface area contributed by atoms with Gasteiger partial charge in [-0.1, -0.05) is 271 Å². The maximum Gasteiger partial charge on any atom is 0.306 e. The molecule has 75 heavy (non-hydrogen) atoms. The van der Waals surface area contributed by atoms with Crippen LogP contribution in [0.5, 0.6) is 0 Å². The smallest absolute Gasteiger partial charge is 0.306 e. The zero-order chi connectivity index (χ0) is 54.3. The summed E-state index contributed by atoms with van der Waals surface area (Å²) in [6.45, 7) is 6.38. The van der Waals surface area contributed by atoms with Crippen LogP contribution in [0.2, 0.25) is 0 Å². The highest BCUT2D eigenvalue weighted by Crippen LogP contribution is 2.15. The van der Waals surface area contributed by atoms with E-state index < -0.39 is 6.10 Å². The molecule has 426 valence electrons. The maximum atomic E-state index is 12.9. The third kappa shape index (κ3) is 60.6. The number of carbonyl (C=O) groups excluding carboxylic acids is 3. The van der Waals surface area contributed by atoms with E-state index in [4.69, 9.17) is 14.2 Å². The molecule has 0 rings (SSSR count). The number of esters is 3. The molecular weight excluding hydrogens is 925 g/mol. The Labute approximate surface area is 462 Å². The summed E-state index contributed by atoms with van der Waals surface area (Å²) < 4.78 is 16.9. The molecule has 1 unspecified atom stereocenters. The summed E-state index contributed by atoms with van der Waals surface area (Å²) in [5.41, 5.74) is 0. The third-order valence-electron chi connectivity index (χ3n) is 13.0. The summed E-state index contributed by atoms with van der Waals surface area (Å²) >= 11 is 0. The highest BCUT2D eigenvalue weighted by Gasteiger charge is 2.19. The zero-order valence-electron chi connectivity index (χ0n) is 48.8. The molecule has 0 aromatic rings. The van der Waals surface area contributed by atoms with Crippen LogP contribution in [0.4, 0.5) is 0 Å². The Morgan fingerprint density at radius 1 is 0.280 bits per heavy atom. The van der Waals surface area contributed by atoms with E-state index in [1.807, 2.05) is 0 Å². The van der Waals surface area contributed by atoms with Crippen LogP contribution >= 0.6 is 0 Å². The van der Waals surface area contributed by atoms with Crippen molar-refractivity contribution in [3.05, 3.63) is 122 Å². The average molecular weight is 1040 g/mol. The van der Waals surface area contributed by atoms with Crippen molar-refractivity contribution in [2.45, 2.75) is 284 Å². The molecule has 6 nitrogen and oxygen atoms in total. The Morgan fingerprint density at radius 2 is 0.520 bits per heavy atom. The number of hydrogen-bond acceptors (Lipinski definition) is 6. The van der Waals surface area contributed by atoms with Crippen molar-refractivity contribution in [1.29, 1.82) is 0 Å². The van der Waals surface area contributed by atoms with Crippen molar-refractivity contribution in [3.8, 4) is 0 Å². The second-order valence-electron chi connectivity index (χ2n) is 20.2. The molecule has 0 saturated carbocycles. The molecule has 0 radical (unpaired) electrons. The summed E-state index contributed by atoms with van der Waals surface area (Å²) in [4.78, 5) is 38.2. The van der Waals surface area contributed by atoms with Gasteiger partial charge in [-0.15, -0.1) is 0 Å². The standard InChI is InChI=1S/C69H114O6/c1-4-7-10-13-16-19-22-24-26-28-30-31-32-33-34-35-36-37-39-40-42-44-47-50-53-56-59-62-68(71)74-65-66(64-73-67(70)61-58-55-52-49-46-21-18-15-12-9-6-3)75-69(72)63-60-57-54-51-48-45-43-41-38-29-27-25-23-20-17-14-11-8-5-2/h7-8,10-11,16-17,19-20,24-27,30-31,33-34,38,41,45,48,66H,4-6,9,12-15,18,21-23,28-29,32,35-37,39-40,42-44,46-47,49-65H2,1-3H3/b10-7-,11-8-,19-16-,20-17-,26-24-,27-25-,31-30-,34-33-,41-38-,48-45-. The van der Waals surface area contributed by atoms with Crippen LogP contribution in [0, 0.1) is 0 Å². The van der Waals surface area contributed by atoms with Gasteiger partial charge in [0.05, 0.1) is 0 Å². The van der Waals surface area contributed by atoms with Crippen LogP contribution in [-0.4, -0.2) is 37.2 Å². The Hall–Kier alpha value is -4.19. The fourth-order valence-corrected chi connectivity index (χ4v) is 8.38. The van der Waals surface area contributed by atoms with E-state index in [1.165, 1.54) is 109 Å². The lowest BCUT2D eigenvalue weighted by Crippen LogP contribution is -2.30. The van der Waals surface area contributed by atoms with Crippen molar-refractivity contribution in [1.82, 2.24) is 0 Å². The SMILES string of the molecule is CC/C=C\C/C=C\C/C=C\C/C=C\C/C=C\CCCCCCCCCCCCCC(=O)OCC(COC(=O)CCCCCCCCCCCCC)OC(=O)CCCCC/C=C\C/C=C\C/C=C\C/C=C\C/C=C\CC. The lowest BCUT2D eigenvalue weighted by molar-refractivity contribution is -0.167. The predicted molar refractivity (Wildman–Crippen MR) is 325 cm³/mol. The number of allylic oxidation sites excluding steroid dienone is 20. The second kappa shape index (κ2) is 62.4. The molecule has 6 heteroatoms. The Balaban J connectivity index is 4.33. The summed E-state index contributed by atoms with van der Waals surface area (Å²) in [6, 6.07) is 0. The van der Waals surface area contributed by atoms with Gasteiger partial charge in [0, 0.05) is 19.3 Å². The molecule has 0 fully saturated rings. The summed E-state index contributed by atoms with van der Waals surface area (Å²) in [7, 11) is 0. The quantitative estimate of drug-likeness (QED) is 0.0261. The fourth-order valence-electron chi connectivity index (χ4n) is 8.38. The molecule has 0 heterocycles. The van der Waals surface area contributed by atoms with Gasteiger partial charge in [0.25, 0.3) is 0 Å². The minimum Gasteiger partial charge on any atom is -0.462 e. The van der Waals surface area contributed by atoms with E-state index in [9.17, 15) is 14.4 Å². The summed E-state index contributed by atoms with van der Waals surface area (Å²) in [5, 5.41) is 0. The van der Waals surface area contributed by atoms with E-state index in [-0.39, 0.29) is 37.5 Å². The monoisotopic (exact) mass is 1040 g/mol. The Morgan fingerprint density at radius 3 is 0.827 bits per heavy atom. The number of hydrogen-bond donors (Lipinski definition) is 0. The van der Waals surface area contributed by atoms with Gasteiger partial charge in [-0.2, -0.15) is 0 Å². The lowest BCUT2D eigenvalue weighted by atomic mass is 10.0. The number of rotatable bonds is 55. The molecule has 0 amide bonds. The molecule has 1 atom stereocenters. The molecule has 0 saturated heterocycles. The number of unbranched alkanes of at least 4 members (excludes halogenated alkanes) is 24. The minimum absolute atomic E-state index is 0.0922. The van der Waals surface area contributed by atoms with Crippen LogP contribution in [0.3, 0.4) is 0 Å². The fraction of sp³-hybridized carbons (Fsp3) is 0.667. The van der Waals surface area contributed by atoms with Gasteiger partial charge < -0.3 is 14.2 Å². The number of ether oxygens (including phenoxy) is 3. The van der Waals surface area contributed by atoms with Crippen molar-refractivity contribution >= 4 is 17.9 Å². The van der Waals surface area contributed by atoms with E-state index in [0.29, 0.717) is 12.8 Å². The van der Waals surface area contributed by atoms with Gasteiger partial charge >= 0.3 is 17.9 Å². The van der Waals surface area contributed by atoms with E-state index in [2.05, 4.69) is 142 Å². The van der Waals surface area contributed by atoms with Gasteiger partial charge in [-0.25, -0.2) is 0 Å². The van der Waals surface area contributed by atoms with Crippen molar-refractivity contribution in [3.63, 3.8) is 0 Å². The lowest BCUT2D eigenvalue weighted by Gasteiger charge is -2.18. The molecule has 0 N–H and O–H groups in total. The summed E-state index contributed by atoms with van der Waals surface area (Å²) in [6.07, 6.45) is 86.3. The summed E-state index contributed by atoms with van der Waals surface area (Å²) in [5.74, 6) is -0.925. The van der Waals surface area contributed by atoms with Gasteiger partial charge in [0.15, 0.2) is 6.10 Å². The van der Waals surface area contributed by atoms with E-state index in [1.54, 1.807) is 0 Å². The molecule has 0 aliphatic heterocycles. The second-order valence-corrected chi connectivity index (χ2v) is 20.2. The molecule has 0 aromatic carbocycles. The van der Waals surface area contributed by atoms with E-state index >= 15 is 0 Å². The van der Waals surface area contributed by atoms with Crippen LogP contribution in [0.15, 0.2) is 122 Å². The van der Waals surface area contributed by atoms with Gasteiger partial charge in [0.1, 0.15) is 13.2 Å². The normalized spacial score (nSPS) is 12.9. The molecule has 0 aliphatic carbocycles. The maximum absolute atomic E-state index is 12.9. The first kappa shape index (κ1) is 70.8. The highest BCUT2D eigenvalue weighted by atomic mass is 16.6. The van der Waals surface area contributed by atoms with Crippen molar-refractivity contribution in [2.75, 3.05) is 13.2 Å². The van der Waals surface area contributed by atoms with E-state index in [0.717, 1.165) is 128 Å². The first-order valence-electron chi connectivity index (χ1n) is 31.0. The Bertz CT molecular complexity index is 1570. The number of carbonyl (C=O) groups is 3. The largest absolute Gasteiger partial charge is 0.462 e. The topological polar surface area (TPSA) is 78.9 Å². The minimum atomic E-state index is -0.798. The van der Waals surface area contributed by atoms with Gasteiger partial charge in [0.2, 0.25) is 0 Å². The van der Waals surface area contributed by atoms with Crippen molar-refractivity contribution < 1.29 is 28.6 Å². The van der Waals surface area contributed by atoms with Crippen molar-refractivity contribution in [2.24, 2.45) is 0 Å². The van der Waals surface area contributed by atoms with Gasteiger partial charge in [-0.05, 0) is 109 Å². The van der Waals surface area contributed by atoms with Crippen LogP contribution in [-0.2, 0) is 28.6 Å². The average Bonchev–Trinajstić information content (AvgIpc) is 3.41. The van der Waals surface area contributed by atoms with Crippen LogP contribution < -0.4 is 0 Å². The highest BCUT2D eigenvalue weighted by molar-refractivity contribution is 5.71. The van der Waals surface area contributed by atoms with Gasteiger partial charge in [-0.3, -0.25) is 14.4 Å². The molecular formula is C69H114O6. The van der Waals surface area contributed by atoms with Crippen LogP contribution in [0.1, 0.15) is 278 Å². The first-order valence-corrected chi connectivity index (χ1v) is 31.0. The Kier molecular flexibility index (Phi) is 58.9. The molecule has 0 aromatic heterocycles. The predicted octanol–water partition coefficient (Wildman–Crippen LogP) is 21.2. The zero-order valence-corrected chi connectivity index (χ0v) is 48.8. The molecule has 0 bridgehead atoms. The molecule has 0 aliphatic rings. The van der Waals surface area contributed by atoms with Crippen LogP contribution in [0.25, 0.3) is 0 Å². The third-order valence-corrected chi connectivity index (χ3v) is 13.0.